The maximum Gasteiger partial charge on any atom is 0.488 e. The summed E-state index contributed by atoms with van der Waals surface area (Å²) in [5.74, 6) is 0. The van der Waals surface area contributed by atoms with Crippen molar-refractivity contribution in [1.29, 1.82) is 0 Å². The number of benzene rings is 16. The SMILES string of the molecule is Clc1ccc2oc3c(-c4cccc(-c5cccc(-c6cccc7c6sc6ccccc67)c5)c4)ncnc3c2c1.OB(O)c1cccc(-c2cccc3c2sc2ccccc23)c1.c1cc(-c2cccc(-c3cccc4c3sc3ccccc34)c2)cc(-c2ncnc3c2oc2ccc(-c4cccc(-c5cccc6c5sc5ccccc56)c4)cc23)c1. The first-order valence-corrected chi connectivity index (χ1v) is 42.5. The molecule has 0 aliphatic heterocycles. The number of rotatable bonds is 10. The largest absolute Gasteiger partial charge is 0.488 e. The van der Waals surface area contributed by atoms with Crippen molar-refractivity contribution in [2.45, 2.75) is 0 Å². The molecule has 0 unspecified atom stereocenters. The number of hydrogen-bond donors (Lipinski definition) is 2. The van der Waals surface area contributed by atoms with Gasteiger partial charge in [-0.3, -0.25) is 0 Å². The molecule has 0 saturated heterocycles. The van der Waals surface area contributed by atoms with E-state index >= 15 is 0 Å². The number of nitrogens with zero attached hydrogens (tertiary/aromatic N) is 4. The second-order valence-corrected chi connectivity index (χ2v) is 34.0. The van der Waals surface area contributed by atoms with E-state index in [1.54, 1.807) is 30.1 Å². The van der Waals surface area contributed by atoms with E-state index in [1.165, 1.54) is 114 Å². The molecule has 0 amide bonds. The molecule has 0 atom stereocenters. The molecule has 0 fully saturated rings. The lowest BCUT2D eigenvalue weighted by atomic mass is 9.79. The van der Waals surface area contributed by atoms with Gasteiger partial charge in [-0.05, 0) is 168 Å². The molecule has 14 heteroatoms. The summed E-state index contributed by atoms with van der Waals surface area (Å²) in [5.41, 5.74) is 24.8. The molecule has 8 aromatic heterocycles. The van der Waals surface area contributed by atoms with Crippen molar-refractivity contribution in [3.8, 4) is 100 Å². The van der Waals surface area contributed by atoms with E-state index in [2.05, 4.69) is 319 Å². The normalized spacial score (nSPS) is 11.7. The molecule has 0 radical (unpaired) electrons. The minimum absolute atomic E-state index is 0.510. The van der Waals surface area contributed by atoms with Crippen LogP contribution in [0.2, 0.25) is 5.02 Å². The van der Waals surface area contributed by atoms with Gasteiger partial charge in [0.1, 0.15) is 46.2 Å². The van der Waals surface area contributed by atoms with E-state index in [4.69, 9.17) is 30.4 Å². The van der Waals surface area contributed by atoms with Crippen LogP contribution in [-0.2, 0) is 0 Å². The van der Waals surface area contributed by atoms with E-state index in [0.717, 1.165) is 100.0 Å². The van der Waals surface area contributed by atoms with Crippen molar-refractivity contribution in [2.24, 2.45) is 0 Å². The Morgan fingerprint density at radius 2 is 0.542 bits per heavy atom. The lowest BCUT2D eigenvalue weighted by molar-refractivity contribution is 0.426. The minimum atomic E-state index is -1.44. The third-order valence-corrected chi connectivity index (χ3v) is 27.5. The van der Waals surface area contributed by atoms with Crippen molar-refractivity contribution < 1.29 is 18.9 Å². The van der Waals surface area contributed by atoms with Gasteiger partial charge in [0.05, 0.1) is 0 Å². The molecule has 556 valence electrons. The van der Waals surface area contributed by atoms with Gasteiger partial charge >= 0.3 is 7.12 Å². The van der Waals surface area contributed by atoms with Gasteiger partial charge in [0.25, 0.3) is 0 Å². The van der Waals surface area contributed by atoms with Gasteiger partial charge in [-0.25, -0.2) is 19.9 Å². The van der Waals surface area contributed by atoms with Gasteiger partial charge in [-0.15, -0.1) is 45.3 Å². The first kappa shape index (κ1) is 71.0. The first-order chi connectivity index (χ1) is 58.2. The number of furan rings is 2. The number of hydrogen-bond acceptors (Lipinski definition) is 12. The Kier molecular flexibility index (Phi) is 17.8. The molecule has 24 rings (SSSR count). The zero-order chi connectivity index (χ0) is 78.5. The monoisotopic (exact) mass is 1600 g/mol. The molecule has 2 N–H and O–H groups in total. The maximum absolute atomic E-state index is 9.38. The Hall–Kier alpha value is -13.6. The third kappa shape index (κ3) is 12.7. The fourth-order valence-electron chi connectivity index (χ4n) is 16.8. The summed E-state index contributed by atoms with van der Waals surface area (Å²) in [7, 11) is -1.44. The van der Waals surface area contributed by atoms with Crippen LogP contribution in [0, 0.1) is 0 Å². The third-order valence-electron chi connectivity index (χ3n) is 22.4. The molecule has 0 aliphatic carbocycles. The van der Waals surface area contributed by atoms with Crippen molar-refractivity contribution in [2.75, 3.05) is 0 Å². The van der Waals surface area contributed by atoms with Crippen LogP contribution in [0.3, 0.4) is 0 Å². The smallest absolute Gasteiger partial charge is 0.452 e. The lowest BCUT2D eigenvalue weighted by Gasteiger charge is -2.09. The highest BCUT2D eigenvalue weighted by atomic mass is 35.5. The van der Waals surface area contributed by atoms with Crippen molar-refractivity contribution in [3.63, 3.8) is 0 Å². The van der Waals surface area contributed by atoms with Crippen LogP contribution < -0.4 is 5.46 Å². The number of halogens is 1. The minimum Gasteiger partial charge on any atom is -0.452 e. The van der Waals surface area contributed by atoms with Crippen LogP contribution >= 0.6 is 56.9 Å². The second-order valence-electron chi connectivity index (χ2n) is 29.4. The Labute approximate surface area is 697 Å². The van der Waals surface area contributed by atoms with E-state index in [9.17, 15) is 10.0 Å². The van der Waals surface area contributed by atoms with Crippen LogP contribution in [0.15, 0.2) is 373 Å². The zero-order valence-corrected chi connectivity index (χ0v) is 66.8. The van der Waals surface area contributed by atoms with Gasteiger partial charge in [-0.2, -0.15) is 0 Å². The van der Waals surface area contributed by atoms with Crippen molar-refractivity contribution >= 4 is 194 Å². The number of fused-ring (bicyclic) bond motifs is 18. The molecular weight excluding hydrogens is 1540 g/mol. The summed E-state index contributed by atoms with van der Waals surface area (Å²) < 4.78 is 23.2. The van der Waals surface area contributed by atoms with E-state index < -0.39 is 7.12 Å². The zero-order valence-electron chi connectivity index (χ0n) is 62.7. The molecule has 8 heterocycles. The quantitative estimate of drug-likeness (QED) is 0.130. The molecule has 0 saturated carbocycles. The summed E-state index contributed by atoms with van der Waals surface area (Å²) >= 11 is 13.6. The highest BCUT2D eigenvalue weighted by molar-refractivity contribution is 7.27. The fraction of sp³-hybridized carbons (Fsp3) is 0. The molecule has 8 nitrogen and oxygen atoms in total. The number of thiophene rings is 4. The van der Waals surface area contributed by atoms with Gasteiger partial charge < -0.3 is 18.9 Å². The second kappa shape index (κ2) is 29.6. The maximum atomic E-state index is 9.38. The summed E-state index contributed by atoms with van der Waals surface area (Å²) in [6, 6.07) is 123. The molecular formula is C104H62BClN4O4S4. The Bertz CT molecular complexity index is 8140. The predicted octanol–water partition coefficient (Wildman–Crippen LogP) is 29.2. The predicted molar refractivity (Wildman–Crippen MR) is 500 cm³/mol. The van der Waals surface area contributed by atoms with E-state index in [0.29, 0.717) is 21.7 Å². The number of aromatic nitrogens is 4. The van der Waals surface area contributed by atoms with Crippen LogP contribution in [0.5, 0.6) is 0 Å². The first-order valence-electron chi connectivity index (χ1n) is 38.8. The average Bonchev–Trinajstić information content (AvgIpc) is 1.60. The molecule has 24 aromatic rings. The van der Waals surface area contributed by atoms with Crippen LogP contribution in [-0.4, -0.2) is 37.1 Å². The van der Waals surface area contributed by atoms with Gasteiger partial charge in [0.15, 0.2) is 11.2 Å². The highest BCUT2D eigenvalue weighted by Gasteiger charge is 2.22. The summed E-state index contributed by atoms with van der Waals surface area (Å²) in [4.78, 5) is 18.7. The van der Waals surface area contributed by atoms with Crippen LogP contribution in [0.1, 0.15) is 0 Å². The molecule has 118 heavy (non-hydrogen) atoms. The molecule has 0 aliphatic rings. The van der Waals surface area contributed by atoms with Crippen molar-refractivity contribution in [1.82, 2.24) is 19.9 Å². The van der Waals surface area contributed by atoms with Crippen molar-refractivity contribution in [3.05, 3.63) is 370 Å². The lowest BCUT2D eigenvalue weighted by Crippen LogP contribution is -2.29. The molecule has 0 bridgehead atoms. The standard InChI is InChI=1S/C52H30N2OS2.C34H19ClN2OS.C18H13BO2S/c1-3-22-46-40(16-1)42-20-8-18-38(51(42)56-46)35-13-5-10-31(26-35)33-12-7-15-37(28-33)48-50-49(54-30-53-48)44-29-34(24-25-45(44)55-50)32-11-6-14-36(27-32)39-19-9-21-43-41-17-2-4-23-47(41)57-52(39)43;35-24-14-15-29-28(18-24)32-33(38-29)31(36-19-37-32)23-9-4-7-21(17-23)20-6-3-8-22(16-20)25-11-5-12-27-26-10-1-2-13-30(26)39-34(25)27;20-19(21)13-6-3-5-12(11-13)14-8-4-9-16-15-7-1-2-10-17(15)22-18(14)16/h1-30H;1-19H;1-11,20-21H. The van der Waals surface area contributed by atoms with Crippen LogP contribution in [0.4, 0.5) is 0 Å². The summed E-state index contributed by atoms with van der Waals surface area (Å²) in [5, 5.41) is 31.6. The van der Waals surface area contributed by atoms with Gasteiger partial charge in [0.2, 0.25) is 0 Å². The van der Waals surface area contributed by atoms with E-state index in [1.807, 2.05) is 70.4 Å². The van der Waals surface area contributed by atoms with Gasteiger partial charge in [-0.1, -0.05) is 279 Å². The Balaban J connectivity index is 0.000000118. The fourth-order valence-corrected chi connectivity index (χ4v) is 21.9. The highest BCUT2D eigenvalue weighted by Crippen LogP contribution is 2.47. The Morgan fingerprint density at radius 1 is 0.246 bits per heavy atom. The average molecular weight is 1610 g/mol. The topological polar surface area (TPSA) is 118 Å². The Morgan fingerprint density at radius 3 is 0.924 bits per heavy atom. The summed E-state index contributed by atoms with van der Waals surface area (Å²) in [6.45, 7) is 0. The van der Waals surface area contributed by atoms with E-state index in [-0.39, 0.29) is 0 Å². The summed E-state index contributed by atoms with van der Waals surface area (Å²) in [6.07, 6.45) is 3.25. The van der Waals surface area contributed by atoms with Crippen LogP contribution in [0.25, 0.3) is 225 Å². The molecule has 0 spiro atoms. The van der Waals surface area contributed by atoms with Gasteiger partial charge in [0, 0.05) is 108 Å². The molecule has 16 aromatic carbocycles.